The number of H-pyrrole nitrogens is 1. The molecule has 4 aromatic rings. The van der Waals surface area contributed by atoms with E-state index in [1.807, 2.05) is 12.1 Å². The van der Waals surface area contributed by atoms with Crippen molar-refractivity contribution in [3.8, 4) is 11.5 Å². The van der Waals surface area contributed by atoms with E-state index in [-0.39, 0.29) is 24.4 Å². The minimum Gasteiger partial charge on any atom is -0.497 e. The Morgan fingerprint density at radius 3 is 2.46 bits per heavy atom. The zero-order chi connectivity index (χ0) is 24.1. The van der Waals surface area contributed by atoms with E-state index >= 15 is 0 Å². The molecule has 6 rings (SSSR count). The largest absolute Gasteiger partial charge is 0.497 e. The molecule has 0 saturated carbocycles. The molecule has 0 saturated heterocycles. The van der Waals surface area contributed by atoms with E-state index < -0.39 is 0 Å². The molecule has 35 heavy (non-hydrogen) atoms. The normalized spacial score (nSPS) is 17.0. The number of ether oxygens (including phenoxy) is 2. The van der Waals surface area contributed by atoms with Crippen LogP contribution in [0.2, 0.25) is 0 Å². The smallest absolute Gasteiger partial charge is 0.261 e. The van der Waals surface area contributed by atoms with Gasteiger partial charge in [-0.3, -0.25) is 14.5 Å². The van der Waals surface area contributed by atoms with Crippen molar-refractivity contribution in [3.63, 3.8) is 0 Å². The van der Waals surface area contributed by atoms with Crippen LogP contribution in [0.25, 0.3) is 10.9 Å². The first kappa shape index (κ1) is 21.4. The topological polar surface area (TPSA) is 88.2 Å². The summed E-state index contributed by atoms with van der Waals surface area (Å²) < 4.78 is 11.1. The molecule has 0 fully saturated rings. The number of methoxy groups -OCH3 is 2. The molecular weight excluding hydrogens is 442 g/mol. The van der Waals surface area contributed by atoms with Crippen molar-refractivity contribution in [2.75, 3.05) is 20.8 Å². The van der Waals surface area contributed by atoms with Crippen LogP contribution in [0.3, 0.4) is 0 Å². The number of nitrogens with two attached hydrogens (primary N) is 1. The maximum atomic E-state index is 13.0. The molecule has 0 aliphatic carbocycles. The second-order valence-corrected chi connectivity index (χ2v) is 8.99. The maximum absolute atomic E-state index is 13.0. The number of nitrogens with one attached hydrogen (secondary N) is 1. The van der Waals surface area contributed by atoms with Gasteiger partial charge >= 0.3 is 0 Å². The molecular formula is C28H26N3O4+. The van der Waals surface area contributed by atoms with Gasteiger partial charge in [-0.05, 0) is 54.1 Å². The highest BCUT2D eigenvalue weighted by molar-refractivity contribution is 6.21. The predicted molar refractivity (Wildman–Crippen MR) is 131 cm³/mol. The predicted octanol–water partition coefficient (Wildman–Crippen LogP) is 3.19. The first-order valence-electron chi connectivity index (χ1n) is 11.7. The van der Waals surface area contributed by atoms with Gasteiger partial charge in [-0.15, -0.1) is 0 Å². The Balaban J connectivity index is 1.37. The van der Waals surface area contributed by atoms with Crippen LogP contribution in [0, 0.1) is 0 Å². The van der Waals surface area contributed by atoms with Crippen LogP contribution in [-0.4, -0.2) is 42.5 Å². The lowest BCUT2D eigenvalue weighted by molar-refractivity contribution is -0.690. The van der Waals surface area contributed by atoms with E-state index in [1.165, 1.54) is 21.5 Å². The number of aromatic nitrogens is 1. The molecule has 176 valence electrons. The van der Waals surface area contributed by atoms with Gasteiger partial charge in [0.2, 0.25) is 0 Å². The summed E-state index contributed by atoms with van der Waals surface area (Å²) in [5, 5.41) is 3.51. The van der Waals surface area contributed by atoms with Gasteiger partial charge in [-0.25, -0.2) is 0 Å². The third-order valence-corrected chi connectivity index (χ3v) is 7.12. The molecule has 3 aromatic carbocycles. The molecule has 3 heterocycles. The van der Waals surface area contributed by atoms with Crippen LogP contribution in [0.1, 0.15) is 49.1 Å². The van der Waals surface area contributed by atoms with Crippen LogP contribution in [0.4, 0.5) is 0 Å². The average molecular weight is 469 g/mol. The van der Waals surface area contributed by atoms with Crippen LogP contribution in [-0.2, 0) is 13.0 Å². The Hall–Kier alpha value is -4.10. The van der Waals surface area contributed by atoms with Crippen LogP contribution in [0.15, 0.2) is 60.7 Å². The van der Waals surface area contributed by atoms with E-state index in [1.54, 1.807) is 38.5 Å². The molecule has 1 atom stereocenters. The van der Waals surface area contributed by atoms with Gasteiger partial charge in [0, 0.05) is 28.5 Å². The fourth-order valence-corrected chi connectivity index (χ4v) is 5.39. The number of hydrogen-bond acceptors (Lipinski definition) is 4. The van der Waals surface area contributed by atoms with Gasteiger partial charge in [0.15, 0.2) is 6.04 Å². The van der Waals surface area contributed by atoms with Crippen molar-refractivity contribution in [2.24, 2.45) is 0 Å². The van der Waals surface area contributed by atoms with Crippen molar-refractivity contribution in [1.29, 1.82) is 0 Å². The number of nitrogens with zero attached hydrogens (tertiary/aromatic N) is 1. The van der Waals surface area contributed by atoms with Crippen molar-refractivity contribution in [1.82, 2.24) is 9.88 Å². The van der Waals surface area contributed by atoms with E-state index in [9.17, 15) is 9.59 Å². The third kappa shape index (κ3) is 3.39. The van der Waals surface area contributed by atoms with Crippen molar-refractivity contribution in [3.05, 3.63) is 94.2 Å². The van der Waals surface area contributed by atoms with Gasteiger partial charge < -0.3 is 19.8 Å². The molecule has 2 aliphatic heterocycles. The minimum atomic E-state index is -0.269. The van der Waals surface area contributed by atoms with Gasteiger partial charge in [0.1, 0.15) is 11.5 Å². The number of quaternary nitrogens is 1. The highest BCUT2D eigenvalue weighted by Crippen LogP contribution is 2.35. The van der Waals surface area contributed by atoms with Crippen LogP contribution < -0.4 is 14.8 Å². The average Bonchev–Trinajstić information content (AvgIpc) is 3.39. The fraction of sp³-hybridized carbons (Fsp3) is 0.214. The molecule has 3 N–H and O–H groups in total. The highest BCUT2D eigenvalue weighted by atomic mass is 16.5. The van der Waals surface area contributed by atoms with Gasteiger partial charge in [0.25, 0.3) is 11.8 Å². The summed E-state index contributed by atoms with van der Waals surface area (Å²) in [7, 11) is 3.29. The Kier molecular flexibility index (Phi) is 5.07. The minimum absolute atomic E-state index is 0.0731. The zero-order valence-corrected chi connectivity index (χ0v) is 19.6. The van der Waals surface area contributed by atoms with Gasteiger partial charge in [-0.2, -0.15) is 0 Å². The molecule has 0 unspecified atom stereocenters. The standard InChI is InChI=1S/C28H25N3O4/c1-34-18-8-9-23-22(14-18)19-11-12-29-25(26(19)30-23)16-7-10-24(35-2)17(13-16)15-31-27(32)20-5-3-4-6-21(20)28(31)33/h3-10,13-14,25,29-30H,11-12,15H2,1-2H3/p+1/t25-/m0/s1. The number of rotatable bonds is 5. The highest BCUT2D eigenvalue weighted by Gasteiger charge is 2.36. The number of hydrogen-bond donors (Lipinski definition) is 2. The molecule has 2 amide bonds. The first-order valence-corrected chi connectivity index (χ1v) is 11.7. The number of benzene rings is 3. The number of imide groups is 1. The molecule has 0 radical (unpaired) electrons. The molecule has 0 spiro atoms. The first-order chi connectivity index (χ1) is 17.1. The Morgan fingerprint density at radius 2 is 1.74 bits per heavy atom. The van der Waals surface area contributed by atoms with Crippen molar-refractivity contribution < 1.29 is 24.4 Å². The van der Waals surface area contributed by atoms with E-state index in [0.29, 0.717) is 16.9 Å². The lowest BCUT2D eigenvalue weighted by atomic mass is 9.93. The number of amides is 2. The second kappa shape index (κ2) is 8.29. The molecule has 7 heteroatoms. The van der Waals surface area contributed by atoms with Crippen molar-refractivity contribution in [2.45, 2.75) is 19.0 Å². The maximum Gasteiger partial charge on any atom is 0.261 e. The molecule has 1 aromatic heterocycles. The number of carbonyl (C=O) groups excluding carboxylic acids is 2. The fourth-order valence-electron chi connectivity index (χ4n) is 5.39. The molecule has 0 bridgehead atoms. The SMILES string of the molecule is COc1ccc2[nH]c3c(c2c1)CC[NH2+][C@H]3c1ccc(OC)c(CN2C(=O)c3ccccc3C2=O)c1. The third-order valence-electron chi connectivity index (χ3n) is 7.12. The summed E-state index contributed by atoms with van der Waals surface area (Å²) in [6, 6.07) is 19.2. The van der Waals surface area contributed by atoms with Crippen LogP contribution in [0.5, 0.6) is 11.5 Å². The number of fused-ring (bicyclic) bond motifs is 4. The Labute approximate surface area is 202 Å². The summed E-state index contributed by atoms with van der Waals surface area (Å²) in [5.74, 6) is 0.962. The monoisotopic (exact) mass is 468 g/mol. The lowest BCUT2D eigenvalue weighted by Crippen LogP contribution is -2.87. The summed E-state index contributed by atoms with van der Waals surface area (Å²) in [4.78, 5) is 30.8. The Morgan fingerprint density at radius 1 is 0.971 bits per heavy atom. The van der Waals surface area contributed by atoms with Gasteiger partial charge in [0.05, 0.1) is 44.1 Å². The second-order valence-electron chi connectivity index (χ2n) is 8.99. The van der Waals surface area contributed by atoms with Gasteiger partial charge in [-0.1, -0.05) is 12.1 Å². The summed E-state index contributed by atoms with van der Waals surface area (Å²) in [5.41, 5.74) is 6.38. The molecule has 2 aliphatic rings. The quantitative estimate of drug-likeness (QED) is 0.441. The van der Waals surface area contributed by atoms with E-state index in [2.05, 4.69) is 34.6 Å². The molecule has 7 nitrogen and oxygen atoms in total. The summed E-state index contributed by atoms with van der Waals surface area (Å²) >= 11 is 0. The van der Waals surface area contributed by atoms with Crippen LogP contribution >= 0.6 is 0 Å². The lowest BCUT2D eigenvalue weighted by Gasteiger charge is -2.23. The zero-order valence-electron chi connectivity index (χ0n) is 19.6. The summed E-state index contributed by atoms with van der Waals surface area (Å²) in [6.07, 6.45) is 0.969. The van der Waals surface area contributed by atoms with Crippen molar-refractivity contribution >= 4 is 22.7 Å². The van der Waals surface area contributed by atoms with E-state index in [4.69, 9.17) is 9.47 Å². The summed E-state index contributed by atoms with van der Waals surface area (Å²) in [6.45, 7) is 1.12. The Bertz CT molecular complexity index is 1450. The number of aromatic amines is 1. The van der Waals surface area contributed by atoms with E-state index in [0.717, 1.165) is 35.4 Å². The number of carbonyl (C=O) groups is 2.